The van der Waals surface area contributed by atoms with E-state index in [9.17, 15) is 0 Å². The van der Waals surface area contributed by atoms with Crippen LogP contribution in [0.5, 0.6) is 0 Å². The van der Waals surface area contributed by atoms with Gasteiger partial charge in [-0.3, -0.25) is 0 Å². The molecular weight excluding hydrogens is 188 g/mol. The molecule has 1 aromatic rings. The van der Waals surface area contributed by atoms with Crippen LogP contribution in [0.25, 0.3) is 0 Å². The van der Waals surface area contributed by atoms with E-state index >= 15 is 0 Å². The first-order valence-electron chi connectivity index (χ1n) is 5.39. The molecule has 1 unspecified atom stereocenters. The Bertz CT molecular complexity index is 351. The van der Waals surface area contributed by atoms with Crippen molar-refractivity contribution in [2.45, 2.75) is 19.9 Å². The van der Waals surface area contributed by atoms with Crippen LogP contribution in [-0.4, -0.2) is 25.8 Å². The van der Waals surface area contributed by atoms with Crippen molar-refractivity contribution < 1.29 is 4.74 Å². The molecule has 0 radical (unpaired) electrons. The molecule has 0 amide bonds. The third-order valence-corrected chi connectivity index (χ3v) is 2.86. The maximum Gasteiger partial charge on any atom is 0.0668 e. The van der Waals surface area contributed by atoms with E-state index in [1.807, 2.05) is 6.07 Å². The monoisotopic (exact) mass is 206 g/mol. The molecule has 1 saturated heterocycles. The van der Waals surface area contributed by atoms with E-state index < -0.39 is 0 Å². The minimum absolute atomic E-state index is 0.406. The topological polar surface area (TPSA) is 38.5 Å². The van der Waals surface area contributed by atoms with Gasteiger partial charge in [-0.1, -0.05) is 6.07 Å². The summed E-state index contributed by atoms with van der Waals surface area (Å²) in [6.07, 6.45) is 0. The number of morpholine rings is 1. The van der Waals surface area contributed by atoms with Crippen molar-refractivity contribution in [3.05, 3.63) is 23.8 Å². The Hall–Kier alpha value is -1.22. The Labute approximate surface area is 90.8 Å². The van der Waals surface area contributed by atoms with E-state index in [2.05, 4.69) is 30.9 Å². The lowest BCUT2D eigenvalue weighted by molar-refractivity contribution is 0.0990. The Morgan fingerprint density at radius 2 is 2.27 bits per heavy atom. The Morgan fingerprint density at radius 3 is 2.93 bits per heavy atom. The van der Waals surface area contributed by atoms with Gasteiger partial charge in [-0.15, -0.1) is 0 Å². The lowest BCUT2D eigenvalue weighted by Gasteiger charge is -2.36. The van der Waals surface area contributed by atoms with Gasteiger partial charge in [-0.2, -0.15) is 0 Å². The van der Waals surface area contributed by atoms with Crippen LogP contribution in [-0.2, 0) is 4.74 Å². The van der Waals surface area contributed by atoms with Crippen LogP contribution in [0.3, 0.4) is 0 Å². The van der Waals surface area contributed by atoms with Crippen molar-refractivity contribution >= 4 is 11.4 Å². The molecule has 82 valence electrons. The highest BCUT2D eigenvalue weighted by Crippen LogP contribution is 2.27. The highest BCUT2D eigenvalue weighted by atomic mass is 16.5. The SMILES string of the molecule is Cc1ccc(N2CCOCC2C)c(N)c1. The summed E-state index contributed by atoms with van der Waals surface area (Å²) in [7, 11) is 0. The molecule has 3 heteroatoms. The largest absolute Gasteiger partial charge is 0.397 e. The van der Waals surface area contributed by atoms with Gasteiger partial charge in [-0.05, 0) is 31.5 Å². The molecule has 15 heavy (non-hydrogen) atoms. The molecule has 0 saturated carbocycles. The highest BCUT2D eigenvalue weighted by Gasteiger charge is 2.20. The first-order chi connectivity index (χ1) is 7.18. The fourth-order valence-electron chi connectivity index (χ4n) is 2.02. The third kappa shape index (κ3) is 2.07. The van der Waals surface area contributed by atoms with Crippen LogP contribution in [0.1, 0.15) is 12.5 Å². The van der Waals surface area contributed by atoms with Crippen LogP contribution in [0.2, 0.25) is 0 Å². The maximum absolute atomic E-state index is 6.03. The second-order valence-corrected chi connectivity index (χ2v) is 4.18. The van der Waals surface area contributed by atoms with E-state index in [-0.39, 0.29) is 0 Å². The zero-order chi connectivity index (χ0) is 10.8. The number of rotatable bonds is 1. The summed E-state index contributed by atoms with van der Waals surface area (Å²) in [6, 6.07) is 6.64. The number of aryl methyl sites for hydroxylation is 1. The highest BCUT2D eigenvalue weighted by molar-refractivity contribution is 5.69. The van der Waals surface area contributed by atoms with Crippen molar-refractivity contribution in [3.8, 4) is 0 Å². The van der Waals surface area contributed by atoms with Gasteiger partial charge < -0.3 is 15.4 Å². The molecule has 1 fully saturated rings. The number of nitrogen functional groups attached to an aromatic ring is 1. The third-order valence-electron chi connectivity index (χ3n) is 2.86. The number of benzene rings is 1. The zero-order valence-corrected chi connectivity index (χ0v) is 9.36. The van der Waals surface area contributed by atoms with Gasteiger partial charge in [0.1, 0.15) is 0 Å². The van der Waals surface area contributed by atoms with Crippen molar-refractivity contribution in [1.29, 1.82) is 0 Å². The van der Waals surface area contributed by atoms with Gasteiger partial charge >= 0.3 is 0 Å². The van der Waals surface area contributed by atoms with Crippen molar-refractivity contribution in [2.24, 2.45) is 0 Å². The quantitative estimate of drug-likeness (QED) is 0.712. The summed E-state index contributed by atoms with van der Waals surface area (Å²) in [5, 5.41) is 0. The lowest BCUT2D eigenvalue weighted by Crippen LogP contribution is -2.44. The molecule has 3 nitrogen and oxygen atoms in total. The summed E-state index contributed by atoms with van der Waals surface area (Å²) in [5.41, 5.74) is 9.24. The van der Waals surface area contributed by atoms with Crippen molar-refractivity contribution in [1.82, 2.24) is 0 Å². The first-order valence-corrected chi connectivity index (χ1v) is 5.39. The lowest BCUT2D eigenvalue weighted by atomic mass is 10.1. The van der Waals surface area contributed by atoms with Gasteiger partial charge in [0.15, 0.2) is 0 Å². The van der Waals surface area contributed by atoms with Crippen molar-refractivity contribution in [3.63, 3.8) is 0 Å². The second kappa shape index (κ2) is 4.11. The van der Waals surface area contributed by atoms with Gasteiger partial charge in [0.2, 0.25) is 0 Å². The fourth-order valence-corrected chi connectivity index (χ4v) is 2.02. The summed E-state index contributed by atoms with van der Waals surface area (Å²) >= 11 is 0. The Kier molecular flexibility index (Phi) is 2.82. The van der Waals surface area contributed by atoms with Gasteiger partial charge in [0, 0.05) is 12.6 Å². The molecule has 1 aliphatic rings. The van der Waals surface area contributed by atoms with Crippen molar-refractivity contribution in [2.75, 3.05) is 30.4 Å². The fraction of sp³-hybridized carbons (Fsp3) is 0.500. The van der Waals surface area contributed by atoms with Crippen LogP contribution in [0.15, 0.2) is 18.2 Å². The molecule has 2 N–H and O–H groups in total. The molecule has 1 aliphatic heterocycles. The van der Waals surface area contributed by atoms with Crippen LogP contribution in [0, 0.1) is 6.92 Å². The number of ether oxygens (including phenoxy) is 1. The van der Waals surface area contributed by atoms with Crippen LogP contribution >= 0.6 is 0 Å². The minimum atomic E-state index is 0.406. The van der Waals surface area contributed by atoms with Gasteiger partial charge in [0.25, 0.3) is 0 Å². The van der Waals surface area contributed by atoms with Crippen LogP contribution < -0.4 is 10.6 Å². The number of nitrogens with zero attached hydrogens (tertiary/aromatic N) is 1. The van der Waals surface area contributed by atoms with E-state index in [0.29, 0.717) is 6.04 Å². The predicted molar refractivity (Wildman–Crippen MR) is 63.2 cm³/mol. The normalized spacial score (nSPS) is 21.7. The smallest absolute Gasteiger partial charge is 0.0668 e. The molecule has 2 rings (SSSR count). The molecule has 1 heterocycles. The number of hydrogen-bond acceptors (Lipinski definition) is 3. The maximum atomic E-state index is 6.03. The van der Waals surface area contributed by atoms with Crippen LogP contribution in [0.4, 0.5) is 11.4 Å². The Balaban J connectivity index is 2.27. The number of anilines is 2. The standard InChI is InChI=1S/C12H18N2O/c1-9-3-4-12(11(13)7-9)14-5-6-15-8-10(14)2/h3-4,7,10H,5-6,8,13H2,1-2H3. The molecule has 0 spiro atoms. The molecule has 1 atom stereocenters. The van der Waals surface area contributed by atoms with Gasteiger partial charge in [-0.25, -0.2) is 0 Å². The first kappa shape index (κ1) is 10.3. The average molecular weight is 206 g/mol. The predicted octanol–water partition coefficient (Wildman–Crippen LogP) is 1.80. The van der Waals surface area contributed by atoms with E-state index in [4.69, 9.17) is 10.5 Å². The zero-order valence-electron chi connectivity index (χ0n) is 9.36. The summed E-state index contributed by atoms with van der Waals surface area (Å²) < 4.78 is 5.41. The molecule has 1 aromatic carbocycles. The van der Waals surface area contributed by atoms with Gasteiger partial charge in [0.05, 0.1) is 24.6 Å². The molecule has 0 aliphatic carbocycles. The minimum Gasteiger partial charge on any atom is -0.397 e. The molecular formula is C12H18N2O. The second-order valence-electron chi connectivity index (χ2n) is 4.18. The summed E-state index contributed by atoms with van der Waals surface area (Å²) in [4.78, 5) is 2.32. The molecule has 0 bridgehead atoms. The van der Waals surface area contributed by atoms with E-state index in [1.54, 1.807) is 0 Å². The number of hydrogen-bond donors (Lipinski definition) is 1. The summed E-state index contributed by atoms with van der Waals surface area (Å²) in [5.74, 6) is 0. The van der Waals surface area contributed by atoms with E-state index in [1.165, 1.54) is 5.56 Å². The van der Waals surface area contributed by atoms with E-state index in [0.717, 1.165) is 31.1 Å². The average Bonchev–Trinajstić information content (AvgIpc) is 2.20. The summed E-state index contributed by atoms with van der Waals surface area (Å²) in [6.45, 7) is 6.72. The molecule has 0 aromatic heterocycles. The Morgan fingerprint density at radius 1 is 1.47 bits per heavy atom. The number of nitrogens with two attached hydrogens (primary N) is 1.